The lowest BCUT2D eigenvalue weighted by Gasteiger charge is -2.17. The van der Waals surface area contributed by atoms with E-state index >= 15 is 0 Å². The first-order valence-electron chi connectivity index (χ1n) is 7.70. The van der Waals surface area contributed by atoms with Crippen LogP contribution in [0.5, 0.6) is 0 Å². The van der Waals surface area contributed by atoms with Crippen LogP contribution in [0.25, 0.3) is 5.69 Å². The highest BCUT2D eigenvalue weighted by molar-refractivity contribution is 5.67. The second-order valence-corrected chi connectivity index (χ2v) is 5.86. The van der Waals surface area contributed by atoms with E-state index in [1.807, 2.05) is 0 Å². The van der Waals surface area contributed by atoms with Crippen LogP contribution in [0.1, 0.15) is 22.5 Å². The molecule has 1 aliphatic heterocycles. The number of aromatic nitrogens is 1. The summed E-state index contributed by atoms with van der Waals surface area (Å²) >= 11 is 0. The summed E-state index contributed by atoms with van der Waals surface area (Å²) < 4.78 is 7.11. The molecule has 4 nitrogen and oxygen atoms in total. The molecular weight excluding hydrogens is 276 g/mol. The zero-order valence-electron chi connectivity index (χ0n) is 13.4. The van der Waals surface area contributed by atoms with Crippen LogP contribution in [0.3, 0.4) is 0 Å². The van der Waals surface area contributed by atoms with E-state index in [1.165, 1.54) is 35.3 Å². The molecule has 1 amide bonds. The number of benzene rings is 1. The predicted molar refractivity (Wildman–Crippen MR) is 86.6 cm³/mol. The Labute approximate surface area is 131 Å². The number of amides is 1. The number of ether oxygens (including phenoxy) is 1. The first kappa shape index (κ1) is 14.7. The smallest absolute Gasteiger partial charge is 0.409 e. The lowest BCUT2D eigenvalue weighted by molar-refractivity contribution is 0.125. The summed E-state index contributed by atoms with van der Waals surface area (Å²) in [7, 11) is 1.44. The number of fused-ring (bicyclic) bond motifs is 1. The Morgan fingerprint density at radius 1 is 1.00 bits per heavy atom. The number of hydrogen-bond donors (Lipinski definition) is 0. The molecule has 3 rings (SSSR count). The van der Waals surface area contributed by atoms with Gasteiger partial charge >= 0.3 is 6.09 Å². The number of carbonyl (C=O) groups is 1. The fraction of sp³-hybridized carbons (Fsp3) is 0.389. The molecule has 0 saturated heterocycles. The molecule has 0 aliphatic carbocycles. The van der Waals surface area contributed by atoms with Gasteiger partial charge in [-0.25, -0.2) is 4.79 Å². The highest BCUT2D eigenvalue weighted by Crippen LogP contribution is 2.23. The fourth-order valence-corrected chi connectivity index (χ4v) is 3.24. The summed E-state index contributed by atoms with van der Waals surface area (Å²) in [4.78, 5) is 13.5. The Morgan fingerprint density at radius 3 is 2.27 bits per heavy atom. The van der Waals surface area contributed by atoms with Crippen molar-refractivity contribution in [2.75, 3.05) is 20.2 Å². The van der Waals surface area contributed by atoms with Gasteiger partial charge in [-0.3, -0.25) is 0 Å². The first-order chi connectivity index (χ1) is 10.6. The van der Waals surface area contributed by atoms with Crippen molar-refractivity contribution in [2.24, 2.45) is 0 Å². The zero-order valence-corrected chi connectivity index (χ0v) is 13.4. The van der Waals surface area contributed by atoms with Gasteiger partial charge in [0.15, 0.2) is 0 Å². The Balaban J connectivity index is 1.90. The molecule has 0 radical (unpaired) electrons. The van der Waals surface area contributed by atoms with Gasteiger partial charge in [0.1, 0.15) is 0 Å². The number of hydrogen-bond acceptors (Lipinski definition) is 2. The largest absolute Gasteiger partial charge is 0.453 e. The van der Waals surface area contributed by atoms with Crippen molar-refractivity contribution in [3.8, 4) is 5.69 Å². The van der Waals surface area contributed by atoms with Gasteiger partial charge in [0, 0.05) is 30.2 Å². The molecule has 0 atom stereocenters. The topological polar surface area (TPSA) is 34.5 Å². The van der Waals surface area contributed by atoms with Gasteiger partial charge in [-0.05, 0) is 62.1 Å². The van der Waals surface area contributed by atoms with E-state index in [0.29, 0.717) is 6.54 Å². The molecule has 0 N–H and O–H groups in total. The Kier molecular flexibility index (Phi) is 3.92. The van der Waals surface area contributed by atoms with Crippen LogP contribution < -0.4 is 0 Å². The number of aryl methyl sites for hydroxylation is 2. The Hall–Kier alpha value is -2.23. The summed E-state index contributed by atoms with van der Waals surface area (Å²) in [6.07, 6.45) is 1.52. The van der Waals surface area contributed by atoms with Crippen LogP contribution in [-0.2, 0) is 17.6 Å². The monoisotopic (exact) mass is 298 g/mol. The van der Waals surface area contributed by atoms with Crippen molar-refractivity contribution in [3.63, 3.8) is 0 Å². The maximum Gasteiger partial charge on any atom is 0.409 e. The highest BCUT2D eigenvalue weighted by Gasteiger charge is 2.19. The number of rotatable bonds is 1. The van der Waals surface area contributed by atoms with E-state index in [1.54, 1.807) is 4.90 Å². The van der Waals surface area contributed by atoms with Crippen molar-refractivity contribution in [1.29, 1.82) is 0 Å². The SMILES string of the molecule is COC(=O)N1CCc2ccc(-n3c(C)ccc3C)cc2CC1. The highest BCUT2D eigenvalue weighted by atomic mass is 16.5. The summed E-state index contributed by atoms with van der Waals surface area (Å²) in [6.45, 7) is 5.68. The van der Waals surface area contributed by atoms with E-state index in [0.717, 1.165) is 19.4 Å². The standard InChI is InChI=1S/C18H22N2O2/c1-13-4-5-14(2)20(13)17-7-6-15-8-10-19(18(21)22-3)11-9-16(15)12-17/h4-7,12H,8-11H2,1-3H3. The van der Waals surface area contributed by atoms with E-state index < -0.39 is 0 Å². The van der Waals surface area contributed by atoms with Gasteiger partial charge in [-0.2, -0.15) is 0 Å². The van der Waals surface area contributed by atoms with Crippen LogP contribution in [0.4, 0.5) is 4.79 Å². The summed E-state index contributed by atoms with van der Waals surface area (Å²) in [5.74, 6) is 0. The van der Waals surface area contributed by atoms with Gasteiger partial charge in [-0.1, -0.05) is 6.07 Å². The minimum Gasteiger partial charge on any atom is -0.453 e. The molecule has 1 aromatic heterocycles. The molecule has 1 aliphatic rings. The molecule has 0 fully saturated rings. The molecular formula is C18H22N2O2. The van der Waals surface area contributed by atoms with Crippen molar-refractivity contribution in [1.82, 2.24) is 9.47 Å². The van der Waals surface area contributed by atoms with Crippen LogP contribution in [0.15, 0.2) is 30.3 Å². The summed E-state index contributed by atoms with van der Waals surface area (Å²) in [5, 5.41) is 0. The first-order valence-corrected chi connectivity index (χ1v) is 7.70. The molecule has 0 bridgehead atoms. The van der Waals surface area contributed by atoms with Crippen molar-refractivity contribution >= 4 is 6.09 Å². The zero-order chi connectivity index (χ0) is 15.7. The second kappa shape index (κ2) is 5.87. The minimum atomic E-state index is -0.231. The van der Waals surface area contributed by atoms with Gasteiger partial charge in [0.25, 0.3) is 0 Å². The lowest BCUT2D eigenvalue weighted by atomic mass is 10.0. The van der Waals surface area contributed by atoms with Crippen LogP contribution in [-0.4, -0.2) is 35.8 Å². The average Bonchev–Trinajstić information content (AvgIpc) is 2.74. The number of nitrogens with zero attached hydrogens (tertiary/aromatic N) is 2. The van der Waals surface area contributed by atoms with Gasteiger partial charge in [-0.15, -0.1) is 0 Å². The Morgan fingerprint density at radius 2 is 1.64 bits per heavy atom. The third kappa shape index (κ3) is 2.61. The average molecular weight is 298 g/mol. The van der Waals surface area contributed by atoms with Crippen LogP contribution >= 0.6 is 0 Å². The molecule has 2 aromatic rings. The number of methoxy groups -OCH3 is 1. The minimum absolute atomic E-state index is 0.231. The quantitative estimate of drug-likeness (QED) is 0.810. The fourth-order valence-electron chi connectivity index (χ4n) is 3.24. The Bertz CT molecular complexity index is 684. The van der Waals surface area contributed by atoms with Gasteiger partial charge in [0.2, 0.25) is 0 Å². The van der Waals surface area contributed by atoms with Crippen molar-refractivity contribution < 1.29 is 9.53 Å². The van der Waals surface area contributed by atoms with Gasteiger partial charge < -0.3 is 14.2 Å². The second-order valence-electron chi connectivity index (χ2n) is 5.86. The lowest BCUT2D eigenvalue weighted by Crippen LogP contribution is -2.33. The maximum absolute atomic E-state index is 11.7. The molecule has 22 heavy (non-hydrogen) atoms. The molecule has 0 unspecified atom stereocenters. The molecule has 4 heteroatoms. The van der Waals surface area contributed by atoms with Crippen LogP contribution in [0.2, 0.25) is 0 Å². The van der Waals surface area contributed by atoms with Crippen LogP contribution in [0, 0.1) is 13.8 Å². The normalized spacial score (nSPS) is 14.4. The maximum atomic E-state index is 11.7. The van der Waals surface area contributed by atoms with Crippen molar-refractivity contribution in [2.45, 2.75) is 26.7 Å². The van der Waals surface area contributed by atoms with E-state index in [2.05, 4.69) is 48.7 Å². The van der Waals surface area contributed by atoms with Crippen molar-refractivity contribution in [3.05, 3.63) is 52.8 Å². The molecule has 2 heterocycles. The molecule has 0 spiro atoms. The molecule has 0 saturated carbocycles. The van der Waals surface area contributed by atoms with E-state index in [-0.39, 0.29) is 6.09 Å². The predicted octanol–water partition coefficient (Wildman–Crippen LogP) is 3.26. The molecule has 1 aromatic carbocycles. The number of carbonyl (C=O) groups excluding carboxylic acids is 1. The van der Waals surface area contributed by atoms with E-state index in [4.69, 9.17) is 4.74 Å². The molecule has 116 valence electrons. The third-order valence-electron chi connectivity index (χ3n) is 4.45. The third-order valence-corrected chi connectivity index (χ3v) is 4.45. The summed E-state index contributed by atoms with van der Waals surface area (Å²) in [6, 6.07) is 10.9. The van der Waals surface area contributed by atoms with Gasteiger partial charge in [0.05, 0.1) is 7.11 Å². The van der Waals surface area contributed by atoms with E-state index in [9.17, 15) is 4.79 Å². The summed E-state index contributed by atoms with van der Waals surface area (Å²) in [5.41, 5.74) is 6.34.